The number of unbranched alkanes of at least 4 members (excludes halogenated alkanes) is 1. The summed E-state index contributed by atoms with van der Waals surface area (Å²) in [5, 5.41) is 8.55. The van der Waals surface area contributed by atoms with Gasteiger partial charge in [0, 0.05) is 0 Å². The van der Waals surface area contributed by atoms with Crippen LogP contribution in [-0.4, -0.2) is 11.1 Å². The average molecular weight is 226 g/mol. The first-order chi connectivity index (χ1) is 7.56. The average Bonchev–Trinajstić information content (AvgIpc) is 2.16. The molecule has 0 unspecified atom stereocenters. The molecule has 0 saturated heterocycles. The molecule has 86 valence electrons. The van der Waals surface area contributed by atoms with Crippen molar-refractivity contribution in [2.75, 3.05) is 0 Å². The summed E-state index contributed by atoms with van der Waals surface area (Å²) >= 11 is 0. The van der Waals surface area contributed by atoms with Crippen LogP contribution in [0, 0.1) is 11.6 Å². The molecule has 0 radical (unpaired) electrons. The number of allylic oxidation sites excluding steroid dienone is 1. The van der Waals surface area contributed by atoms with E-state index in [1.807, 2.05) is 6.92 Å². The van der Waals surface area contributed by atoms with Gasteiger partial charge in [-0.2, -0.15) is 0 Å². The SMILES string of the molecule is CCCC=Cc1cc(F)c(C(=O)O)c(F)c1. The maximum atomic E-state index is 13.2. The Balaban J connectivity index is 3.05. The maximum Gasteiger partial charge on any atom is 0.341 e. The molecule has 0 fully saturated rings. The summed E-state index contributed by atoms with van der Waals surface area (Å²) < 4.78 is 26.4. The standard InChI is InChI=1S/C12H12F2O2/c1-2-3-4-5-8-6-9(13)11(12(15)16)10(14)7-8/h4-7H,2-3H2,1H3,(H,15,16). The number of carbonyl (C=O) groups is 1. The molecule has 0 atom stereocenters. The third-order valence-electron chi connectivity index (χ3n) is 2.04. The Labute approximate surface area is 92.2 Å². The molecule has 1 aromatic carbocycles. The minimum atomic E-state index is -1.60. The van der Waals surface area contributed by atoms with Crippen LogP contribution in [0.1, 0.15) is 35.7 Å². The first-order valence-electron chi connectivity index (χ1n) is 4.95. The van der Waals surface area contributed by atoms with Crippen LogP contribution in [0.2, 0.25) is 0 Å². The van der Waals surface area contributed by atoms with Crippen LogP contribution in [-0.2, 0) is 0 Å². The van der Waals surface area contributed by atoms with Crippen LogP contribution in [0.25, 0.3) is 6.08 Å². The van der Waals surface area contributed by atoms with E-state index in [9.17, 15) is 13.6 Å². The molecular weight excluding hydrogens is 214 g/mol. The van der Waals surface area contributed by atoms with Crippen LogP contribution < -0.4 is 0 Å². The van der Waals surface area contributed by atoms with Gasteiger partial charge in [0.2, 0.25) is 0 Å². The zero-order valence-corrected chi connectivity index (χ0v) is 8.84. The number of aromatic carboxylic acids is 1. The van der Waals surface area contributed by atoms with E-state index in [0.29, 0.717) is 5.56 Å². The summed E-state index contributed by atoms with van der Waals surface area (Å²) in [7, 11) is 0. The summed E-state index contributed by atoms with van der Waals surface area (Å²) in [5.74, 6) is -3.70. The fourth-order valence-corrected chi connectivity index (χ4v) is 1.28. The first-order valence-corrected chi connectivity index (χ1v) is 4.95. The lowest BCUT2D eigenvalue weighted by atomic mass is 10.1. The molecule has 4 heteroatoms. The zero-order valence-electron chi connectivity index (χ0n) is 8.84. The lowest BCUT2D eigenvalue weighted by Gasteiger charge is -2.01. The summed E-state index contributed by atoms with van der Waals surface area (Å²) in [5.41, 5.74) is -0.582. The largest absolute Gasteiger partial charge is 0.477 e. The van der Waals surface area contributed by atoms with Gasteiger partial charge in [-0.1, -0.05) is 25.5 Å². The Morgan fingerprint density at radius 3 is 2.38 bits per heavy atom. The molecule has 0 aliphatic carbocycles. The van der Waals surface area contributed by atoms with Crippen LogP contribution >= 0.6 is 0 Å². The van der Waals surface area contributed by atoms with Gasteiger partial charge in [0.15, 0.2) is 0 Å². The van der Waals surface area contributed by atoms with Crippen LogP contribution in [0.5, 0.6) is 0 Å². The lowest BCUT2D eigenvalue weighted by Crippen LogP contribution is -2.04. The van der Waals surface area contributed by atoms with E-state index in [4.69, 9.17) is 5.11 Å². The predicted molar refractivity (Wildman–Crippen MR) is 57.3 cm³/mol. The number of hydrogen-bond acceptors (Lipinski definition) is 1. The van der Waals surface area contributed by atoms with Crippen LogP contribution in [0.15, 0.2) is 18.2 Å². The quantitative estimate of drug-likeness (QED) is 0.853. The topological polar surface area (TPSA) is 37.3 Å². The normalized spacial score (nSPS) is 10.9. The van der Waals surface area contributed by atoms with E-state index in [2.05, 4.69) is 0 Å². The first kappa shape index (κ1) is 12.4. The minimum Gasteiger partial charge on any atom is -0.477 e. The van der Waals surface area contributed by atoms with Gasteiger partial charge in [0.25, 0.3) is 0 Å². The smallest absolute Gasteiger partial charge is 0.341 e. The number of halogens is 2. The van der Waals surface area contributed by atoms with Crippen molar-refractivity contribution < 1.29 is 18.7 Å². The van der Waals surface area contributed by atoms with Gasteiger partial charge in [-0.25, -0.2) is 13.6 Å². The fourth-order valence-electron chi connectivity index (χ4n) is 1.28. The van der Waals surface area contributed by atoms with E-state index < -0.39 is 23.2 Å². The Bertz CT molecular complexity index is 402. The van der Waals surface area contributed by atoms with Crippen molar-refractivity contribution in [3.05, 3.63) is 41.0 Å². The van der Waals surface area contributed by atoms with Gasteiger partial charge in [0.05, 0.1) is 0 Å². The highest BCUT2D eigenvalue weighted by Gasteiger charge is 2.16. The summed E-state index contributed by atoms with van der Waals surface area (Å²) in [6.07, 6.45) is 5.11. The molecule has 1 aromatic rings. The molecule has 1 rings (SSSR count). The molecule has 0 heterocycles. The summed E-state index contributed by atoms with van der Waals surface area (Å²) in [4.78, 5) is 10.5. The highest BCUT2D eigenvalue weighted by molar-refractivity contribution is 5.88. The Hall–Kier alpha value is -1.71. The van der Waals surface area contributed by atoms with Crippen molar-refractivity contribution in [3.8, 4) is 0 Å². The lowest BCUT2D eigenvalue weighted by molar-refractivity contribution is 0.0686. The molecule has 16 heavy (non-hydrogen) atoms. The molecule has 0 aliphatic heterocycles. The molecular formula is C12H12F2O2. The second-order valence-electron chi connectivity index (χ2n) is 3.36. The van der Waals surface area contributed by atoms with Crippen molar-refractivity contribution in [2.24, 2.45) is 0 Å². The number of rotatable bonds is 4. The second kappa shape index (κ2) is 5.39. The molecule has 0 spiro atoms. The van der Waals surface area contributed by atoms with Crippen molar-refractivity contribution in [2.45, 2.75) is 19.8 Å². The Morgan fingerprint density at radius 2 is 1.94 bits per heavy atom. The highest BCUT2D eigenvalue weighted by atomic mass is 19.1. The van der Waals surface area contributed by atoms with E-state index in [-0.39, 0.29) is 0 Å². The fraction of sp³-hybridized carbons (Fsp3) is 0.250. The van der Waals surface area contributed by atoms with E-state index in [0.717, 1.165) is 25.0 Å². The predicted octanol–water partition coefficient (Wildman–Crippen LogP) is 3.48. The van der Waals surface area contributed by atoms with Gasteiger partial charge in [0.1, 0.15) is 17.2 Å². The van der Waals surface area contributed by atoms with E-state index >= 15 is 0 Å². The van der Waals surface area contributed by atoms with Gasteiger partial charge in [-0.3, -0.25) is 0 Å². The van der Waals surface area contributed by atoms with Gasteiger partial charge >= 0.3 is 5.97 Å². The van der Waals surface area contributed by atoms with Gasteiger partial charge in [-0.05, 0) is 24.1 Å². The number of carboxylic acid groups (broad SMARTS) is 1. The third kappa shape index (κ3) is 2.89. The Kier molecular flexibility index (Phi) is 4.17. The summed E-state index contributed by atoms with van der Waals surface area (Å²) in [6, 6.07) is 2.03. The molecule has 0 aromatic heterocycles. The van der Waals surface area contributed by atoms with E-state index in [1.54, 1.807) is 12.2 Å². The van der Waals surface area contributed by atoms with Crippen molar-refractivity contribution in [3.63, 3.8) is 0 Å². The van der Waals surface area contributed by atoms with Crippen molar-refractivity contribution >= 4 is 12.0 Å². The number of carboxylic acids is 1. The molecule has 1 N–H and O–H groups in total. The zero-order chi connectivity index (χ0) is 12.1. The van der Waals surface area contributed by atoms with Crippen molar-refractivity contribution in [1.82, 2.24) is 0 Å². The van der Waals surface area contributed by atoms with Crippen molar-refractivity contribution in [1.29, 1.82) is 0 Å². The molecule has 0 saturated carbocycles. The van der Waals surface area contributed by atoms with Gasteiger partial charge in [-0.15, -0.1) is 0 Å². The van der Waals surface area contributed by atoms with Gasteiger partial charge < -0.3 is 5.11 Å². The number of benzene rings is 1. The van der Waals surface area contributed by atoms with E-state index in [1.165, 1.54) is 0 Å². The molecule has 0 amide bonds. The van der Waals surface area contributed by atoms with Crippen LogP contribution in [0.3, 0.4) is 0 Å². The van der Waals surface area contributed by atoms with Crippen LogP contribution in [0.4, 0.5) is 8.78 Å². The Morgan fingerprint density at radius 1 is 1.38 bits per heavy atom. The number of hydrogen-bond donors (Lipinski definition) is 1. The maximum absolute atomic E-state index is 13.2. The highest BCUT2D eigenvalue weighted by Crippen LogP contribution is 2.16. The third-order valence-corrected chi connectivity index (χ3v) is 2.04. The summed E-state index contributed by atoms with van der Waals surface area (Å²) in [6.45, 7) is 1.99. The second-order valence-corrected chi connectivity index (χ2v) is 3.36. The molecule has 0 aliphatic rings. The molecule has 2 nitrogen and oxygen atoms in total. The monoisotopic (exact) mass is 226 g/mol. The molecule has 0 bridgehead atoms. The minimum absolute atomic E-state index is 0.327.